The fourth-order valence-electron chi connectivity index (χ4n) is 4.87. The van der Waals surface area contributed by atoms with E-state index in [1.54, 1.807) is 6.07 Å². The van der Waals surface area contributed by atoms with Crippen LogP contribution >= 0.6 is 0 Å². The Morgan fingerprint density at radius 1 is 1.14 bits per heavy atom. The van der Waals surface area contributed by atoms with Crippen LogP contribution in [0.3, 0.4) is 0 Å². The number of hydrogen-bond acceptors (Lipinski definition) is 2. The number of piperidine rings is 1. The van der Waals surface area contributed by atoms with Crippen molar-refractivity contribution in [1.29, 1.82) is 0 Å². The molecule has 1 N–H and O–H groups in total. The van der Waals surface area contributed by atoms with Gasteiger partial charge in [0, 0.05) is 43.4 Å². The average molecular weight is 380 g/mol. The topological polar surface area (TPSA) is 54.3 Å². The summed E-state index contributed by atoms with van der Waals surface area (Å²) in [5.74, 6) is 0.585. The standard InChI is InChI=1S/C23H29N3O2/c1-3-5-20-18-12-19(21-6-4-7-22(27)26(20)21)15-25(14-18)23(28)24-13-17-10-8-16(2)9-11-17/h4,6-11,18-20H,3,5,12-15H2,1-2H3,(H,24,28)/t18-,19+,20-/m0/s1. The Kier molecular flexibility index (Phi) is 5.25. The molecule has 0 spiro atoms. The second-order valence-electron chi connectivity index (χ2n) is 8.26. The van der Waals surface area contributed by atoms with Crippen molar-refractivity contribution in [3.05, 3.63) is 69.6 Å². The highest BCUT2D eigenvalue weighted by atomic mass is 16.2. The number of nitrogens with zero attached hydrogens (tertiary/aromatic N) is 2. The normalized spacial score (nSPS) is 23.2. The van der Waals surface area contributed by atoms with Gasteiger partial charge in [0.25, 0.3) is 5.56 Å². The van der Waals surface area contributed by atoms with Crippen molar-refractivity contribution in [3.8, 4) is 0 Å². The predicted molar refractivity (Wildman–Crippen MR) is 110 cm³/mol. The van der Waals surface area contributed by atoms with Crippen molar-refractivity contribution in [2.24, 2.45) is 5.92 Å². The molecule has 0 radical (unpaired) electrons. The van der Waals surface area contributed by atoms with E-state index in [9.17, 15) is 9.59 Å². The SMILES string of the molecule is CCC[C@H]1[C@H]2C[C@H](CN(C(=O)NCc3ccc(C)cc3)C2)c2cccc(=O)n21. The first kappa shape index (κ1) is 18.8. The first-order valence-corrected chi connectivity index (χ1v) is 10.4. The number of benzene rings is 1. The average Bonchev–Trinajstić information content (AvgIpc) is 2.70. The molecule has 5 heteroatoms. The molecular formula is C23H29N3O2. The minimum atomic E-state index is -0.00254. The summed E-state index contributed by atoms with van der Waals surface area (Å²) in [6, 6.07) is 14.0. The van der Waals surface area contributed by atoms with E-state index >= 15 is 0 Å². The molecule has 0 aliphatic carbocycles. The van der Waals surface area contributed by atoms with Gasteiger partial charge in [-0.25, -0.2) is 4.79 Å². The highest BCUT2D eigenvalue weighted by Crippen LogP contribution is 2.42. The molecule has 2 aliphatic heterocycles. The maximum absolute atomic E-state index is 12.9. The van der Waals surface area contributed by atoms with Crippen LogP contribution < -0.4 is 10.9 Å². The molecule has 1 fully saturated rings. The smallest absolute Gasteiger partial charge is 0.317 e. The summed E-state index contributed by atoms with van der Waals surface area (Å²) in [7, 11) is 0. The Bertz CT molecular complexity index is 903. The molecule has 0 unspecified atom stereocenters. The fourth-order valence-corrected chi connectivity index (χ4v) is 4.87. The monoisotopic (exact) mass is 379 g/mol. The van der Waals surface area contributed by atoms with Gasteiger partial charge in [0.15, 0.2) is 0 Å². The number of fused-ring (bicyclic) bond motifs is 4. The molecule has 2 amide bonds. The number of hydrogen-bond donors (Lipinski definition) is 1. The number of carbonyl (C=O) groups excluding carboxylic acids is 1. The van der Waals surface area contributed by atoms with Crippen LogP contribution in [0.5, 0.6) is 0 Å². The summed E-state index contributed by atoms with van der Waals surface area (Å²) < 4.78 is 2.02. The van der Waals surface area contributed by atoms with Gasteiger partial charge in [-0.1, -0.05) is 49.2 Å². The van der Waals surface area contributed by atoms with Gasteiger partial charge >= 0.3 is 6.03 Å². The van der Waals surface area contributed by atoms with E-state index < -0.39 is 0 Å². The molecule has 3 heterocycles. The molecule has 148 valence electrons. The maximum Gasteiger partial charge on any atom is 0.317 e. The van der Waals surface area contributed by atoms with Gasteiger partial charge < -0.3 is 14.8 Å². The van der Waals surface area contributed by atoms with E-state index in [1.807, 2.05) is 15.5 Å². The summed E-state index contributed by atoms with van der Waals surface area (Å²) in [4.78, 5) is 27.4. The molecule has 4 rings (SSSR count). The van der Waals surface area contributed by atoms with E-state index in [0.29, 0.717) is 19.0 Å². The highest BCUT2D eigenvalue weighted by molar-refractivity contribution is 5.74. The number of carbonyl (C=O) groups is 1. The van der Waals surface area contributed by atoms with Gasteiger partial charge in [-0.2, -0.15) is 0 Å². The zero-order chi connectivity index (χ0) is 19.7. The van der Waals surface area contributed by atoms with Crippen molar-refractivity contribution in [1.82, 2.24) is 14.8 Å². The van der Waals surface area contributed by atoms with E-state index in [0.717, 1.165) is 37.1 Å². The van der Waals surface area contributed by atoms with E-state index in [4.69, 9.17) is 0 Å². The maximum atomic E-state index is 12.9. The molecule has 5 nitrogen and oxygen atoms in total. The highest BCUT2D eigenvalue weighted by Gasteiger charge is 2.41. The van der Waals surface area contributed by atoms with Crippen LogP contribution in [0.1, 0.15) is 55.0 Å². The number of rotatable bonds is 4. The molecule has 1 aromatic carbocycles. The molecule has 0 saturated carbocycles. The van der Waals surface area contributed by atoms with Crippen molar-refractivity contribution in [3.63, 3.8) is 0 Å². The van der Waals surface area contributed by atoms with Crippen LogP contribution in [0.4, 0.5) is 4.79 Å². The number of urea groups is 1. The zero-order valence-corrected chi connectivity index (χ0v) is 16.7. The lowest BCUT2D eigenvalue weighted by Gasteiger charge is -2.47. The summed E-state index contributed by atoms with van der Waals surface area (Å²) in [5.41, 5.74) is 3.52. The van der Waals surface area contributed by atoms with Gasteiger partial charge in [0.2, 0.25) is 0 Å². The number of nitrogens with one attached hydrogen (secondary N) is 1. The predicted octanol–water partition coefficient (Wildman–Crippen LogP) is 3.83. The molecule has 3 atom stereocenters. The summed E-state index contributed by atoms with van der Waals surface area (Å²) >= 11 is 0. The largest absolute Gasteiger partial charge is 0.334 e. The van der Waals surface area contributed by atoms with Crippen LogP contribution in [0, 0.1) is 12.8 Å². The van der Waals surface area contributed by atoms with Crippen LogP contribution in [0.2, 0.25) is 0 Å². The Morgan fingerprint density at radius 2 is 1.93 bits per heavy atom. The van der Waals surface area contributed by atoms with Gasteiger partial charge in [0.05, 0.1) is 0 Å². The van der Waals surface area contributed by atoms with Gasteiger partial charge in [-0.05, 0) is 37.3 Å². The van der Waals surface area contributed by atoms with Crippen molar-refractivity contribution >= 4 is 6.03 Å². The van der Waals surface area contributed by atoms with E-state index in [2.05, 4.69) is 49.5 Å². The lowest BCUT2D eigenvalue weighted by molar-refractivity contribution is 0.102. The van der Waals surface area contributed by atoms with Gasteiger partial charge in [-0.3, -0.25) is 4.79 Å². The minimum Gasteiger partial charge on any atom is -0.334 e. The van der Waals surface area contributed by atoms with Crippen LogP contribution in [0.25, 0.3) is 0 Å². The molecule has 2 aromatic rings. The molecule has 28 heavy (non-hydrogen) atoms. The van der Waals surface area contributed by atoms with E-state index in [1.165, 1.54) is 5.56 Å². The van der Waals surface area contributed by atoms with Crippen molar-refractivity contribution < 1.29 is 4.79 Å². The fraction of sp³-hybridized carbons (Fsp3) is 0.478. The number of pyridine rings is 1. The van der Waals surface area contributed by atoms with Gasteiger partial charge in [-0.15, -0.1) is 0 Å². The third kappa shape index (κ3) is 3.58. The Labute approximate surface area is 166 Å². The zero-order valence-electron chi connectivity index (χ0n) is 16.7. The summed E-state index contributed by atoms with van der Waals surface area (Å²) in [6.07, 6.45) is 3.08. The van der Waals surface area contributed by atoms with Crippen molar-refractivity contribution in [2.75, 3.05) is 13.1 Å². The van der Waals surface area contributed by atoms with Crippen LogP contribution in [-0.2, 0) is 6.54 Å². The summed E-state index contributed by atoms with van der Waals surface area (Å²) in [5, 5.41) is 3.08. The first-order chi connectivity index (χ1) is 13.6. The minimum absolute atomic E-state index is 0.00254. The number of likely N-dealkylation sites (tertiary alicyclic amines) is 1. The number of amides is 2. The molecule has 1 aromatic heterocycles. The molecule has 2 bridgehead atoms. The third-order valence-corrected chi connectivity index (χ3v) is 6.23. The quantitative estimate of drug-likeness (QED) is 0.878. The van der Waals surface area contributed by atoms with Crippen molar-refractivity contribution in [2.45, 2.75) is 51.6 Å². The number of aryl methyl sites for hydroxylation is 1. The first-order valence-electron chi connectivity index (χ1n) is 10.4. The third-order valence-electron chi connectivity index (χ3n) is 6.23. The van der Waals surface area contributed by atoms with Crippen LogP contribution in [0.15, 0.2) is 47.3 Å². The van der Waals surface area contributed by atoms with Crippen LogP contribution in [-0.4, -0.2) is 28.6 Å². The second-order valence-corrected chi connectivity index (χ2v) is 8.26. The lowest BCUT2D eigenvalue weighted by Crippen LogP contribution is -2.53. The molecular weight excluding hydrogens is 350 g/mol. The molecule has 1 saturated heterocycles. The number of aromatic nitrogens is 1. The summed E-state index contributed by atoms with van der Waals surface area (Å²) in [6.45, 7) is 6.17. The Hall–Kier alpha value is -2.56. The Balaban J connectivity index is 1.51. The van der Waals surface area contributed by atoms with Gasteiger partial charge in [0.1, 0.15) is 0 Å². The second kappa shape index (κ2) is 7.82. The lowest BCUT2D eigenvalue weighted by atomic mass is 9.77. The molecule has 2 aliphatic rings. The Morgan fingerprint density at radius 3 is 2.68 bits per heavy atom. The van der Waals surface area contributed by atoms with E-state index in [-0.39, 0.29) is 23.6 Å².